The van der Waals surface area contributed by atoms with E-state index in [1.54, 1.807) is 19.6 Å². The monoisotopic (exact) mass is 312 g/mol. The largest absolute Gasteiger partial charge is 0.395 e. The zero-order valence-corrected chi connectivity index (χ0v) is 12.2. The van der Waals surface area contributed by atoms with Crippen LogP contribution in [-0.4, -0.2) is 117 Å². The van der Waals surface area contributed by atoms with Gasteiger partial charge in [0.15, 0.2) is 12.3 Å². The lowest BCUT2D eigenvalue weighted by Crippen LogP contribution is -2.61. The van der Waals surface area contributed by atoms with Crippen LogP contribution >= 0.6 is 0 Å². The summed E-state index contributed by atoms with van der Waals surface area (Å²) in [6, 6.07) is -0.189. The summed E-state index contributed by atoms with van der Waals surface area (Å²) >= 11 is 0. The molecular formula is C12H20N6O4. The van der Waals surface area contributed by atoms with Crippen molar-refractivity contribution < 1.29 is 19.8 Å². The van der Waals surface area contributed by atoms with Crippen molar-refractivity contribution in [2.45, 2.75) is 12.3 Å². The molecule has 0 aromatic heterocycles. The number of carbonyl (C=O) groups is 2. The van der Waals surface area contributed by atoms with Crippen molar-refractivity contribution in [1.82, 2.24) is 29.4 Å². The lowest BCUT2D eigenvalue weighted by molar-refractivity contribution is -0.0292. The minimum atomic E-state index is -0.244. The Hall–Kier alpha value is -1.62. The molecule has 10 heteroatoms. The van der Waals surface area contributed by atoms with Gasteiger partial charge in [-0.25, -0.2) is 9.59 Å². The molecule has 4 fully saturated rings. The maximum absolute atomic E-state index is 12.7. The molecule has 4 rings (SSSR count). The van der Waals surface area contributed by atoms with Gasteiger partial charge in [-0.15, -0.1) is 0 Å². The van der Waals surface area contributed by atoms with Crippen LogP contribution in [0.5, 0.6) is 0 Å². The molecule has 0 atom stereocenters. The summed E-state index contributed by atoms with van der Waals surface area (Å²) < 4.78 is 0. The molecule has 0 unspecified atom stereocenters. The van der Waals surface area contributed by atoms with Crippen molar-refractivity contribution in [1.29, 1.82) is 0 Å². The van der Waals surface area contributed by atoms with Gasteiger partial charge in [0.2, 0.25) is 0 Å². The van der Waals surface area contributed by atoms with Crippen LogP contribution in [0.3, 0.4) is 0 Å². The molecule has 0 radical (unpaired) electrons. The number of β-amino-alcohol motifs (C(OH)–C–C–N with tert-alkyl or cyclic N) is 2. The number of amides is 4. The first-order valence-electron chi connectivity index (χ1n) is 7.46. The molecule has 0 spiro atoms. The van der Waals surface area contributed by atoms with Gasteiger partial charge < -0.3 is 10.2 Å². The first-order chi connectivity index (χ1) is 10.7. The zero-order chi connectivity index (χ0) is 15.4. The third kappa shape index (κ3) is 1.75. The van der Waals surface area contributed by atoms with Gasteiger partial charge in [-0.05, 0) is 0 Å². The van der Waals surface area contributed by atoms with Crippen LogP contribution in [0.25, 0.3) is 0 Å². The summed E-state index contributed by atoms with van der Waals surface area (Å²) in [5.41, 5.74) is 0. The summed E-state index contributed by atoms with van der Waals surface area (Å²) in [4.78, 5) is 35.9. The highest BCUT2D eigenvalue weighted by molar-refractivity contribution is 5.85. The summed E-state index contributed by atoms with van der Waals surface area (Å²) in [5.74, 6) is 0. The van der Waals surface area contributed by atoms with Gasteiger partial charge in [0.1, 0.15) is 0 Å². The molecule has 2 N–H and O–H groups in total. The Bertz CT molecular complexity index is 428. The molecule has 0 aromatic carbocycles. The molecule has 22 heavy (non-hydrogen) atoms. The molecule has 4 saturated heterocycles. The van der Waals surface area contributed by atoms with E-state index in [2.05, 4.69) is 0 Å². The van der Waals surface area contributed by atoms with Crippen molar-refractivity contribution in [3.05, 3.63) is 0 Å². The molecule has 4 aliphatic rings. The van der Waals surface area contributed by atoms with Crippen molar-refractivity contribution in [2.24, 2.45) is 0 Å². The van der Waals surface area contributed by atoms with Gasteiger partial charge in [0.05, 0.1) is 39.9 Å². The van der Waals surface area contributed by atoms with Crippen LogP contribution in [0.1, 0.15) is 0 Å². The molecule has 122 valence electrons. The van der Waals surface area contributed by atoms with Crippen LogP contribution in [-0.2, 0) is 0 Å². The Labute approximate surface area is 127 Å². The van der Waals surface area contributed by atoms with Gasteiger partial charge in [-0.2, -0.15) is 0 Å². The summed E-state index contributed by atoms with van der Waals surface area (Å²) in [6.45, 7) is 2.56. The molecule has 4 amide bonds. The summed E-state index contributed by atoms with van der Waals surface area (Å²) in [6.07, 6.45) is -0.488. The minimum absolute atomic E-state index is 0.00410. The molecule has 0 saturated carbocycles. The fourth-order valence-electron chi connectivity index (χ4n) is 3.86. The van der Waals surface area contributed by atoms with E-state index < -0.39 is 0 Å². The van der Waals surface area contributed by atoms with Crippen LogP contribution < -0.4 is 0 Å². The first kappa shape index (κ1) is 14.0. The molecular weight excluding hydrogens is 292 g/mol. The second-order valence-corrected chi connectivity index (χ2v) is 6.07. The van der Waals surface area contributed by atoms with Crippen molar-refractivity contribution in [3.63, 3.8) is 0 Å². The summed E-state index contributed by atoms with van der Waals surface area (Å²) in [5, 5.41) is 18.2. The summed E-state index contributed by atoms with van der Waals surface area (Å²) in [7, 11) is 0. The highest BCUT2D eigenvalue weighted by Gasteiger charge is 2.63. The number of rotatable bonds is 4. The molecule has 0 aliphatic carbocycles. The second kappa shape index (κ2) is 4.95. The molecule has 0 aromatic rings. The van der Waals surface area contributed by atoms with Crippen molar-refractivity contribution in [2.75, 3.05) is 53.0 Å². The highest BCUT2D eigenvalue weighted by atomic mass is 16.3. The quantitative estimate of drug-likeness (QED) is 0.599. The smallest absolute Gasteiger partial charge is 0.325 e. The molecule has 4 aliphatic heterocycles. The fraction of sp³-hybridized carbons (Fsp3) is 0.833. The number of carbonyl (C=O) groups excluding carboxylic acids is 2. The lowest BCUT2D eigenvalue weighted by atomic mass is 10.3. The van der Waals surface area contributed by atoms with E-state index in [4.69, 9.17) is 10.2 Å². The Balaban J connectivity index is 1.64. The van der Waals surface area contributed by atoms with Gasteiger partial charge in [-0.1, -0.05) is 0 Å². The van der Waals surface area contributed by atoms with E-state index in [9.17, 15) is 9.59 Å². The number of aliphatic hydroxyl groups excluding tert-OH is 2. The van der Waals surface area contributed by atoms with Gasteiger partial charge in [-0.3, -0.25) is 29.4 Å². The number of urea groups is 2. The predicted molar refractivity (Wildman–Crippen MR) is 72.8 cm³/mol. The maximum atomic E-state index is 12.7. The Morgan fingerprint density at radius 3 is 1.32 bits per heavy atom. The van der Waals surface area contributed by atoms with Crippen molar-refractivity contribution >= 4 is 12.1 Å². The van der Waals surface area contributed by atoms with Crippen molar-refractivity contribution in [3.8, 4) is 0 Å². The Morgan fingerprint density at radius 2 is 1.05 bits per heavy atom. The third-order valence-electron chi connectivity index (χ3n) is 4.77. The molecule has 0 bridgehead atoms. The third-order valence-corrected chi connectivity index (χ3v) is 4.77. The van der Waals surface area contributed by atoms with E-state index in [0.717, 1.165) is 0 Å². The van der Waals surface area contributed by atoms with E-state index >= 15 is 0 Å². The first-order valence-corrected chi connectivity index (χ1v) is 7.46. The fourth-order valence-corrected chi connectivity index (χ4v) is 3.86. The average Bonchev–Trinajstić information content (AvgIpc) is 2.94. The standard InChI is InChI=1S/C12H20N6O4/c19-3-1-13-5-15-9-10-17(11(15)21)7-14(2-4-20)8-18(10)12(22)16(9)6-13/h9-10,19-20H,1-8H2. The zero-order valence-electron chi connectivity index (χ0n) is 12.2. The molecule has 10 nitrogen and oxygen atoms in total. The van der Waals surface area contributed by atoms with Gasteiger partial charge >= 0.3 is 12.1 Å². The molecule has 4 heterocycles. The van der Waals surface area contributed by atoms with Gasteiger partial charge in [0.25, 0.3) is 0 Å². The maximum Gasteiger partial charge on any atom is 0.325 e. The van der Waals surface area contributed by atoms with Crippen LogP contribution in [0.15, 0.2) is 0 Å². The topological polar surface area (TPSA) is 94.0 Å². The van der Waals surface area contributed by atoms with E-state index in [0.29, 0.717) is 39.8 Å². The number of hydrogen-bond acceptors (Lipinski definition) is 6. The van der Waals surface area contributed by atoms with E-state index in [1.165, 1.54) is 0 Å². The van der Waals surface area contributed by atoms with Crippen LogP contribution in [0.2, 0.25) is 0 Å². The number of aliphatic hydroxyl groups is 2. The van der Waals surface area contributed by atoms with Crippen LogP contribution in [0.4, 0.5) is 9.59 Å². The minimum Gasteiger partial charge on any atom is -0.395 e. The number of hydrogen-bond donors (Lipinski definition) is 2. The SMILES string of the molecule is O=C1N2CN(CCO)CN3C(=O)N4CN(CCO)CN1C4C23. The van der Waals surface area contributed by atoms with Crippen LogP contribution in [0, 0.1) is 0 Å². The predicted octanol–water partition coefficient (Wildman–Crippen LogP) is -2.44. The highest BCUT2D eigenvalue weighted by Crippen LogP contribution is 2.39. The van der Waals surface area contributed by atoms with E-state index in [1.807, 2.05) is 9.80 Å². The Morgan fingerprint density at radius 1 is 0.727 bits per heavy atom. The lowest BCUT2D eigenvalue weighted by Gasteiger charge is -2.42. The number of nitrogens with zero attached hydrogens (tertiary/aromatic N) is 6. The average molecular weight is 312 g/mol. The van der Waals surface area contributed by atoms with Gasteiger partial charge in [0, 0.05) is 13.1 Å². The van der Waals surface area contributed by atoms with E-state index in [-0.39, 0.29) is 37.6 Å². The normalized spacial score (nSPS) is 31.5. The second-order valence-electron chi connectivity index (χ2n) is 6.07. The Kier molecular flexibility index (Phi) is 3.15.